The highest BCUT2D eigenvalue weighted by Crippen LogP contribution is 2.13. The summed E-state index contributed by atoms with van der Waals surface area (Å²) >= 11 is 0. The van der Waals surface area contributed by atoms with Gasteiger partial charge in [-0.1, -0.05) is 29.8 Å². The second-order valence-electron chi connectivity index (χ2n) is 4.67. The van der Waals surface area contributed by atoms with Crippen LogP contribution in [0.2, 0.25) is 0 Å². The Morgan fingerprint density at radius 2 is 1.30 bits per heavy atom. The molecule has 0 aliphatic heterocycles. The Kier molecular flexibility index (Phi) is 5.44. The molecule has 2 rings (SSSR count). The lowest BCUT2D eigenvalue weighted by atomic mass is 10.2. The Morgan fingerprint density at radius 3 is 1.80 bits per heavy atom. The summed E-state index contributed by atoms with van der Waals surface area (Å²) in [6.07, 6.45) is 0.829. The summed E-state index contributed by atoms with van der Waals surface area (Å²) in [4.78, 5) is 0. The summed E-state index contributed by atoms with van der Waals surface area (Å²) in [5, 5.41) is 8.94. The summed E-state index contributed by atoms with van der Waals surface area (Å²) in [7, 11) is 0. The number of aryl methyl sites for hydroxylation is 1. The third-order valence-electron chi connectivity index (χ3n) is 2.95. The van der Waals surface area contributed by atoms with Crippen molar-refractivity contribution < 1.29 is 14.6 Å². The zero-order valence-corrected chi connectivity index (χ0v) is 11.7. The van der Waals surface area contributed by atoms with Crippen molar-refractivity contribution in [3.63, 3.8) is 0 Å². The van der Waals surface area contributed by atoms with Crippen LogP contribution in [0.4, 0.5) is 0 Å². The third-order valence-corrected chi connectivity index (χ3v) is 2.95. The molecule has 0 bridgehead atoms. The molecule has 0 saturated heterocycles. The monoisotopic (exact) mass is 272 g/mol. The van der Waals surface area contributed by atoms with Crippen molar-refractivity contribution in [2.24, 2.45) is 0 Å². The van der Waals surface area contributed by atoms with Crippen molar-refractivity contribution in [2.75, 3.05) is 13.2 Å². The van der Waals surface area contributed by atoms with Gasteiger partial charge in [0, 0.05) is 6.42 Å². The van der Waals surface area contributed by atoms with E-state index >= 15 is 0 Å². The van der Waals surface area contributed by atoms with Crippen LogP contribution in [0.3, 0.4) is 0 Å². The van der Waals surface area contributed by atoms with Crippen LogP contribution in [0, 0.1) is 6.92 Å². The Balaban J connectivity index is 1.64. The Morgan fingerprint density at radius 1 is 0.800 bits per heavy atom. The van der Waals surface area contributed by atoms with Gasteiger partial charge in [-0.15, -0.1) is 0 Å². The number of hydrogen-bond donors (Lipinski definition) is 1. The van der Waals surface area contributed by atoms with E-state index in [1.165, 1.54) is 5.56 Å². The molecule has 0 spiro atoms. The summed E-state index contributed by atoms with van der Waals surface area (Å²) in [5.74, 6) is 1.71. The van der Waals surface area contributed by atoms with Crippen molar-refractivity contribution >= 4 is 0 Å². The number of ether oxygens (including phenoxy) is 2. The molecule has 106 valence electrons. The topological polar surface area (TPSA) is 38.7 Å². The lowest BCUT2D eigenvalue weighted by molar-refractivity contribution is 0.247. The molecule has 3 heteroatoms. The second kappa shape index (κ2) is 7.56. The number of hydrogen-bond acceptors (Lipinski definition) is 3. The van der Waals surface area contributed by atoms with E-state index < -0.39 is 0 Å². The van der Waals surface area contributed by atoms with E-state index in [9.17, 15) is 0 Å². The van der Waals surface area contributed by atoms with Gasteiger partial charge in [-0.2, -0.15) is 0 Å². The second-order valence-corrected chi connectivity index (χ2v) is 4.67. The van der Waals surface area contributed by atoms with E-state index in [2.05, 4.69) is 6.92 Å². The fourth-order valence-corrected chi connectivity index (χ4v) is 1.76. The SMILES string of the molecule is Cc1ccc(OCCCOc2ccc(CO)cc2)cc1. The Hall–Kier alpha value is -2.00. The first kappa shape index (κ1) is 14.4. The molecule has 0 aliphatic rings. The minimum absolute atomic E-state index is 0.0602. The standard InChI is InChI=1S/C17H20O3/c1-14-3-7-16(8-4-14)19-11-2-12-20-17-9-5-15(13-18)6-10-17/h3-10,18H,2,11-13H2,1H3. The lowest BCUT2D eigenvalue weighted by Gasteiger charge is -2.08. The highest BCUT2D eigenvalue weighted by atomic mass is 16.5. The van der Waals surface area contributed by atoms with Gasteiger partial charge in [-0.3, -0.25) is 0 Å². The zero-order valence-electron chi connectivity index (χ0n) is 11.7. The molecule has 0 heterocycles. The lowest BCUT2D eigenvalue weighted by Crippen LogP contribution is -2.05. The predicted molar refractivity (Wildman–Crippen MR) is 79.2 cm³/mol. The Bertz CT molecular complexity index is 503. The van der Waals surface area contributed by atoms with Crippen molar-refractivity contribution in [3.05, 3.63) is 59.7 Å². The van der Waals surface area contributed by atoms with Crippen LogP contribution in [0.5, 0.6) is 11.5 Å². The maximum atomic E-state index is 8.94. The summed E-state index contributed by atoms with van der Waals surface area (Å²) in [5.41, 5.74) is 2.12. The maximum Gasteiger partial charge on any atom is 0.119 e. The van der Waals surface area contributed by atoms with E-state index in [0.717, 1.165) is 23.5 Å². The number of aliphatic hydroxyl groups excluding tert-OH is 1. The fraction of sp³-hybridized carbons (Fsp3) is 0.294. The molecular formula is C17H20O3. The van der Waals surface area contributed by atoms with Gasteiger partial charge >= 0.3 is 0 Å². The van der Waals surface area contributed by atoms with E-state index in [4.69, 9.17) is 14.6 Å². The molecule has 0 aliphatic carbocycles. The molecule has 0 fully saturated rings. The molecule has 0 aromatic heterocycles. The van der Waals surface area contributed by atoms with Gasteiger partial charge in [0.1, 0.15) is 11.5 Å². The molecule has 20 heavy (non-hydrogen) atoms. The first-order chi connectivity index (χ1) is 9.78. The van der Waals surface area contributed by atoms with Crippen molar-refractivity contribution in [2.45, 2.75) is 20.0 Å². The summed E-state index contributed by atoms with van der Waals surface area (Å²) in [6, 6.07) is 15.5. The van der Waals surface area contributed by atoms with Crippen molar-refractivity contribution in [1.82, 2.24) is 0 Å². The van der Waals surface area contributed by atoms with Crippen LogP contribution < -0.4 is 9.47 Å². The van der Waals surface area contributed by atoms with Crippen LogP contribution in [0.25, 0.3) is 0 Å². The van der Waals surface area contributed by atoms with Crippen LogP contribution in [-0.2, 0) is 6.61 Å². The van der Waals surface area contributed by atoms with Gasteiger partial charge in [0.2, 0.25) is 0 Å². The van der Waals surface area contributed by atoms with Crippen LogP contribution >= 0.6 is 0 Å². The Labute approximate surface area is 119 Å². The fourth-order valence-electron chi connectivity index (χ4n) is 1.76. The van der Waals surface area contributed by atoms with Gasteiger partial charge < -0.3 is 14.6 Å². The largest absolute Gasteiger partial charge is 0.493 e. The average Bonchev–Trinajstić information content (AvgIpc) is 2.49. The van der Waals surface area contributed by atoms with Gasteiger partial charge in [0.15, 0.2) is 0 Å². The minimum atomic E-state index is 0.0602. The maximum absolute atomic E-state index is 8.94. The molecule has 0 unspecified atom stereocenters. The molecule has 3 nitrogen and oxygen atoms in total. The molecule has 2 aromatic rings. The van der Waals surface area contributed by atoms with E-state index in [1.807, 2.05) is 48.5 Å². The van der Waals surface area contributed by atoms with Crippen molar-refractivity contribution in [3.8, 4) is 11.5 Å². The zero-order chi connectivity index (χ0) is 14.2. The summed E-state index contributed by atoms with van der Waals surface area (Å²) < 4.78 is 11.2. The third kappa shape index (κ3) is 4.59. The highest BCUT2D eigenvalue weighted by Gasteiger charge is 1.96. The smallest absolute Gasteiger partial charge is 0.119 e. The van der Waals surface area contributed by atoms with Gasteiger partial charge in [0.05, 0.1) is 19.8 Å². The van der Waals surface area contributed by atoms with Crippen molar-refractivity contribution in [1.29, 1.82) is 0 Å². The average molecular weight is 272 g/mol. The summed E-state index contributed by atoms with van der Waals surface area (Å²) in [6.45, 7) is 3.37. The molecule has 2 aromatic carbocycles. The van der Waals surface area contributed by atoms with E-state index in [0.29, 0.717) is 13.2 Å². The predicted octanol–water partition coefficient (Wildman–Crippen LogP) is 3.34. The van der Waals surface area contributed by atoms with Gasteiger partial charge in [-0.25, -0.2) is 0 Å². The van der Waals surface area contributed by atoms with E-state index in [1.54, 1.807) is 0 Å². The first-order valence-electron chi connectivity index (χ1n) is 6.80. The number of rotatable bonds is 7. The van der Waals surface area contributed by atoms with Gasteiger partial charge in [-0.05, 0) is 36.8 Å². The number of benzene rings is 2. The molecular weight excluding hydrogens is 252 g/mol. The highest BCUT2D eigenvalue weighted by molar-refractivity contribution is 5.27. The quantitative estimate of drug-likeness (QED) is 0.786. The molecule has 0 atom stereocenters. The van der Waals surface area contributed by atoms with Crippen LogP contribution in [0.1, 0.15) is 17.5 Å². The molecule has 0 saturated carbocycles. The van der Waals surface area contributed by atoms with E-state index in [-0.39, 0.29) is 6.61 Å². The molecule has 0 radical (unpaired) electrons. The minimum Gasteiger partial charge on any atom is -0.493 e. The normalized spacial score (nSPS) is 10.3. The van der Waals surface area contributed by atoms with Crippen LogP contribution in [0.15, 0.2) is 48.5 Å². The van der Waals surface area contributed by atoms with Gasteiger partial charge in [0.25, 0.3) is 0 Å². The first-order valence-corrected chi connectivity index (χ1v) is 6.80. The van der Waals surface area contributed by atoms with Crippen LogP contribution in [-0.4, -0.2) is 18.3 Å². The molecule has 1 N–H and O–H groups in total. The molecule has 0 amide bonds. The number of aliphatic hydroxyl groups is 1.